The van der Waals surface area contributed by atoms with E-state index in [2.05, 4.69) is 10.1 Å². The zero-order chi connectivity index (χ0) is 15.1. The van der Waals surface area contributed by atoms with Gasteiger partial charge in [-0.1, -0.05) is 12.1 Å². The second-order valence-electron chi connectivity index (χ2n) is 4.71. The Kier molecular flexibility index (Phi) is 5.43. The van der Waals surface area contributed by atoms with E-state index in [1.54, 1.807) is 0 Å². The number of amides is 1. The smallest absolute Gasteiger partial charge is 0.305 e. The van der Waals surface area contributed by atoms with Crippen LogP contribution in [0.5, 0.6) is 11.5 Å². The first-order valence-electron chi connectivity index (χ1n) is 6.91. The van der Waals surface area contributed by atoms with Crippen LogP contribution in [-0.4, -0.2) is 25.8 Å². The number of carbonyl (C=O) groups excluding carboxylic acids is 2. The fourth-order valence-electron chi connectivity index (χ4n) is 2.07. The van der Waals surface area contributed by atoms with Crippen molar-refractivity contribution >= 4 is 11.9 Å². The van der Waals surface area contributed by atoms with Crippen LogP contribution in [-0.2, 0) is 20.9 Å². The fourth-order valence-corrected chi connectivity index (χ4v) is 2.07. The van der Waals surface area contributed by atoms with E-state index in [1.165, 1.54) is 7.11 Å². The van der Waals surface area contributed by atoms with Gasteiger partial charge in [-0.3, -0.25) is 9.59 Å². The third-order valence-electron chi connectivity index (χ3n) is 3.22. The molecule has 6 nitrogen and oxygen atoms in total. The third kappa shape index (κ3) is 4.37. The van der Waals surface area contributed by atoms with Gasteiger partial charge in [0, 0.05) is 24.9 Å². The van der Waals surface area contributed by atoms with Gasteiger partial charge in [0.1, 0.15) is 0 Å². The van der Waals surface area contributed by atoms with Gasteiger partial charge in [-0.15, -0.1) is 0 Å². The number of unbranched alkanes of at least 4 members (excludes halogenated alkanes) is 1. The summed E-state index contributed by atoms with van der Waals surface area (Å²) in [5.41, 5.74) is 0.896. The number of nitrogens with one attached hydrogen (secondary N) is 1. The lowest BCUT2D eigenvalue weighted by atomic mass is 10.1. The normalized spacial score (nSPS) is 12.0. The van der Waals surface area contributed by atoms with E-state index in [9.17, 15) is 9.59 Å². The predicted molar refractivity (Wildman–Crippen MR) is 74.9 cm³/mol. The molecule has 2 rings (SSSR count). The Morgan fingerprint density at radius 1 is 1.24 bits per heavy atom. The van der Waals surface area contributed by atoms with Crippen LogP contribution in [0.1, 0.15) is 31.2 Å². The number of hydrogen-bond donors (Lipinski definition) is 1. The number of benzene rings is 1. The van der Waals surface area contributed by atoms with E-state index in [4.69, 9.17) is 9.47 Å². The molecule has 1 N–H and O–H groups in total. The van der Waals surface area contributed by atoms with Crippen LogP contribution in [0, 0.1) is 0 Å². The van der Waals surface area contributed by atoms with E-state index in [-0.39, 0.29) is 18.7 Å². The molecule has 1 aliphatic heterocycles. The van der Waals surface area contributed by atoms with Crippen molar-refractivity contribution in [3.8, 4) is 11.5 Å². The highest BCUT2D eigenvalue weighted by Gasteiger charge is 2.17. The van der Waals surface area contributed by atoms with Crippen LogP contribution in [0.3, 0.4) is 0 Å². The van der Waals surface area contributed by atoms with Crippen LogP contribution < -0.4 is 14.8 Å². The summed E-state index contributed by atoms with van der Waals surface area (Å²) in [5, 5.41) is 2.84. The maximum Gasteiger partial charge on any atom is 0.305 e. The molecule has 0 atom stereocenters. The van der Waals surface area contributed by atoms with Gasteiger partial charge >= 0.3 is 5.97 Å². The average Bonchev–Trinajstić information content (AvgIpc) is 2.98. The molecule has 0 saturated carbocycles. The lowest BCUT2D eigenvalue weighted by molar-refractivity contribution is -0.140. The van der Waals surface area contributed by atoms with E-state index in [0.29, 0.717) is 43.7 Å². The third-order valence-corrected chi connectivity index (χ3v) is 3.22. The molecule has 1 aliphatic rings. The molecule has 1 aromatic carbocycles. The molecule has 1 amide bonds. The molecule has 0 unspecified atom stereocenters. The number of ether oxygens (including phenoxy) is 3. The van der Waals surface area contributed by atoms with Crippen molar-refractivity contribution in [2.24, 2.45) is 0 Å². The predicted octanol–water partition coefficient (Wildman–Crippen LogP) is 1.76. The van der Waals surface area contributed by atoms with Gasteiger partial charge in [-0.05, 0) is 18.9 Å². The number of carbonyl (C=O) groups is 2. The Labute approximate surface area is 123 Å². The Morgan fingerprint density at radius 3 is 2.86 bits per heavy atom. The summed E-state index contributed by atoms with van der Waals surface area (Å²) < 4.78 is 15.2. The van der Waals surface area contributed by atoms with Crippen LogP contribution in [0.4, 0.5) is 0 Å². The highest BCUT2D eigenvalue weighted by atomic mass is 16.7. The number of hydrogen-bond acceptors (Lipinski definition) is 5. The number of para-hydroxylation sites is 1. The largest absolute Gasteiger partial charge is 0.469 e. The summed E-state index contributed by atoms with van der Waals surface area (Å²) in [6.07, 6.45) is 2.05. The molecule has 0 saturated heterocycles. The molecule has 6 heteroatoms. The first-order valence-corrected chi connectivity index (χ1v) is 6.91. The minimum absolute atomic E-state index is 0.0450. The first kappa shape index (κ1) is 15.2. The second kappa shape index (κ2) is 7.52. The van der Waals surface area contributed by atoms with Crippen molar-refractivity contribution in [2.75, 3.05) is 13.9 Å². The lowest BCUT2D eigenvalue weighted by Gasteiger charge is -2.07. The minimum atomic E-state index is -0.243. The summed E-state index contributed by atoms with van der Waals surface area (Å²) in [6.45, 7) is 0.621. The zero-order valence-corrected chi connectivity index (χ0v) is 12.0. The second-order valence-corrected chi connectivity index (χ2v) is 4.71. The molecule has 0 spiro atoms. The van der Waals surface area contributed by atoms with Crippen LogP contribution in [0.25, 0.3) is 0 Å². The van der Waals surface area contributed by atoms with Gasteiger partial charge in [0.05, 0.1) is 7.11 Å². The number of rotatable bonds is 7. The van der Waals surface area contributed by atoms with Crippen molar-refractivity contribution in [3.05, 3.63) is 23.8 Å². The van der Waals surface area contributed by atoms with E-state index in [1.807, 2.05) is 18.2 Å². The van der Waals surface area contributed by atoms with Gasteiger partial charge < -0.3 is 19.5 Å². The lowest BCUT2D eigenvalue weighted by Crippen LogP contribution is -2.22. The monoisotopic (exact) mass is 293 g/mol. The summed E-state index contributed by atoms with van der Waals surface area (Å²) >= 11 is 0. The molecule has 0 radical (unpaired) electrons. The first-order chi connectivity index (χ1) is 10.2. The van der Waals surface area contributed by atoms with Crippen LogP contribution in [0.15, 0.2) is 18.2 Å². The van der Waals surface area contributed by atoms with Crippen molar-refractivity contribution < 1.29 is 23.8 Å². The van der Waals surface area contributed by atoms with Crippen LogP contribution in [0.2, 0.25) is 0 Å². The summed E-state index contributed by atoms with van der Waals surface area (Å²) in [5.74, 6) is 1.12. The molecule has 21 heavy (non-hydrogen) atoms. The van der Waals surface area contributed by atoms with E-state index < -0.39 is 0 Å². The topological polar surface area (TPSA) is 73.9 Å². The Morgan fingerprint density at radius 2 is 2.05 bits per heavy atom. The quantitative estimate of drug-likeness (QED) is 0.612. The number of methoxy groups -OCH3 is 1. The van der Waals surface area contributed by atoms with Gasteiger partial charge in [0.2, 0.25) is 12.7 Å². The number of fused-ring (bicyclic) bond motifs is 1. The molecule has 1 heterocycles. The van der Waals surface area contributed by atoms with Gasteiger partial charge in [0.25, 0.3) is 0 Å². The zero-order valence-electron chi connectivity index (χ0n) is 12.0. The number of esters is 1. The summed E-state index contributed by atoms with van der Waals surface area (Å²) in [7, 11) is 1.36. The van der Waals surface area contributed by atoms with E-state index >= 15 is 0 Å². The highest BCUT2D eigenvalue weighted by Crippen LogP contribution is 2.35. The molecule has 114 valence electrons. The molecular weight excluding hydrogens is 274 g/mol. The Balaban J connectivity index is 1.70. The molecule has 1 aromatic rings. The maximum absolute atomic E-state index is 11.7. The van der Waals surface area contributed by atoms with Crippen LogP contribution >= 0.6 is 0 Å². The maximum atomic E-state index is 11.7. The molecule has 0 fully saturated rings. The molecule has 0 bridgehead atoms. The van der Waals surface area contributed by atoms with Crippen molar-refractivity contribution in [1.29, 1.82) is 0 Å². The molecular formula is C15H19NO5. The van der Waals surface area contributed by atoms with E-state index in [0.717, 1.165) is 5.56 Å². The fraction of sp³-hybridized carbons (Fsp3) is 0.467. The SMILES string of the molecule is COC(=O)CCCCC(=O)NCc1cccc2c1OCO2. The summed E-state index contributed by atoms with van der Waals surface area (Å²) in [4.78, 5) is 22.7. The molecule has 0 aliphatic carbocycles. The Hall–Kier alpha value is -2.24. The van der Waals surface area contributed by atoms with Crippen molar-refractivity contribution in [1.82, 2.24) is 5.32 Å². The van der Waals surface area contributed by atoms with Crippen molar-refractivity contribution in [2.45, 2.75) is 32.2 Å². The average molecular weight is 293 g/mol. The van der Waals surface area contributed by atoms with Gasteiger partial charge in [0.15, 0.2) is 11.5 Å². The van der Waals surface area contributed by atoms with Gasteiger partial charge in [-0.25, -0.2) is 0 Å². The standard InChI is InChI=1S/C15H19NO5/c1-19-14(18)8-3-2-7-13(17)16-9-11-5-4-6-12-15(11)21-10-20-12/h4-6H,2-3,7-10H2,1H3,(H,16,17). The highest BCUT2D eigenvalue weighted by molar-refractivity contribution is 5.76. The minimum Gasteiger partial charge on any atom is -0.469 e. The molecule has 0 aromatic heterocycles. The summed E-state index contributed by atoms with van der Waals surface area (Å²) in [6, 6.07) is 5.59. The van der Waals surface area contributed by atoms with Gasteiger partial charge in [-0.2, -0.15) is 0 Å². The van der Waals surface area contributed by atoms with Crippen molar-refractivity contribution in [3.63, 3.8) is 0 Å². The Bertz CT molecular complexity index is 515.